The van der Waals surface area contributed by atoms with Crippen molar-refractivity contribution in [2.75, 3.05) is 7.05 Å². The van der Waals surface area contributed by atoms with Crippen molar-refractivity contribution in [3.05, 3.63) is 40.5 Å². The Kier molecular flexibility index (Phi) is 5.59. The highest BCUT2D eigenvalue weighted by Gasteiger charge is 2.13. The number of aryl methyl sites for hydroxylation is 1. The highest BCUT2D eigenvalue weighted by atomic mass is 35.5. The third-order valence-electron chi connectivity index (χ3n) is 3.21. The number of benzene rings is 1. The molecule has 2 aromatic rings. The van der Waals surface area contributed by atoms with Gasteiger partial charge in [0.2, 0.25) is 0 Å². The summed E-state index contributed by atoms with van der Waals surface area (Å²) in [6.45, 7) is 4.37. The molecule has 0 fully saturated rings. The second-order valence-corrected chi connectivity index (χ2v) is 5.27. The minimum atomic E-state index is 0.136. The molecule has 1 heterocycles. The average Bonchev–Trinajstić information content (AvgIpc) is 2.93. The maximum absolute atomic E-state index is 6.05. The van der Waals surface area contributed by atoms with Gasteiger partial charge in [0.15, 0.2) is 12.4 Å². The fourth-order valence-electron chi connectivity index (χ4n) is 1.96. The zero-order chi connectivity index (χ0) is 15.2. The summed E-state index contributed by atoms with van der Waals surface area (Å²) in [6, 6.07) is 5.69. The van der Waals surface area contributed by atoms with Gasteiger partial charge in [-0.25, -0.2) is 0 Å². The van der Waals surface area contributed by atoms with Gasteiger partial charge in [-0.15, -0.1) is 0 Å². The molecule has 6 heteroatoms. The number of nitrogens with zero attached hydrogens (tertiary/aromatic N) is 2. The van der Waals surface area contributed by atoms with E-state index in [4.69, 9.17) is 20.9 Å². The summed E-state index contributed by atoms with van der Waals surface area (Å²) < 4.78 is 11.0. The molecule has 0 saturated carbocycles. The third-order valence-corrected chi connectivity index (χ3v) is 3.44. The molecule has 1 N–H and O–H groups in total. The molecular formula is C15H20ClN3O2. The molecule has 1 aromatic heterocycles. The van der Waals surface area contributed by atoms with Gasteiger partial charge in [-0.05, 0) is 38.6 Å². The van der Waals surface area contributed by atoms with Crippen molar-refractivity contribution in [2.45, 2.75) is 39.3 Å². The van der Waals surface area contributed by atoms with E-state index in [9.17, 15) is 0 Å². The van der Waals surface area contributed by atoms with Crippen molar-refractivity contribution in [1.29, 1.82) is 0 Å². The molecule has 0 amide bonds. The van der Waals surface area contributed by atoms with Crippen molar-refractivity contribution >= 4 is 11.6 Å². The summed E-state index contributed by atoms with van der Waals surface area (Å²) in [6.07, 6.45) is 1.80. The van der Waals surface area contributed by atoms with Gasteiger partial charge in [-0.1, -0.05) is 23.7 Å². The van der Waals surface area contributed by atoms with Crippen LogP contribution < -0.4 is 10.1 Å². The molecule has 114 valence electrons. The number of nitrogens with one attached hydrogen (secondary N) is 1. The van der Waals surface area contributed by atoms with E-state index in [1.54, 1.807) is 6.07 Å². The van der Waals surface area contributed by atoms with E-state index in [-0.39, 0.29) is 12.6 Å². The normalized spacial score (nSPS) is 12.4. The number of hydrogen-bond acceptors (Lipinski definition) is 5. The summed E-state index contributed by atoms with van der Waals surface area (Å²) in [5.41, 5.74) is 0.998. The van der Waals surface area contributed by atoms with Gasteiger partial charge < -0.3 is 14.6 Å². The first-order valence-electron chi connectivity index (χ1n) is 7.05. The molecule has 5 nitrogen and oxygen atoms in total. The van der Waals surface area contributed by atoms with E-state index < -0.39 is 0 Å². The Balaban J connectivity index is 2.08. The van der Waals surface area contributed by atoms with Crippen LogP contribution in [-0.4, -0.2) is 17.2 Å². The van der Waals surface area contributed by atoms with Crippen LogP contribution in [0.2, 0.25) is 5.02 Å². The van der Waals surface area contributed by atoms with Crippen molar-refractivity contribution in [2.24, 2.45) is 0 Å². The minimum Gasteiger partial charge on any atom is -0.483 e. The zero-order valence-electron chi connectivity index (χ0n) is 12.5. The lowest BCUT2D eigenvalue weighted by Gasteiger charge is -2.16. The summed E-state index contributed by atoms with van der Waals surface area (Å²) in [4.78, 5) is 4.28. The van der Waals surface area contributed by atoms with E-state index in [0.29, 0.717) is 10.9 Å². The highest BCUT2D eigenvalue weighted by Crippen LogP contribution is 2.28. The lowest BCUT2D eigenvalue weighted by molar-refractivity contribution is 0.239. The minimum absolute atomic E-state index is 0.136. The first-order valence-corrected chi connectivity index (χ1v) is 7.42. The molecule has 0 bridgehead atoms. The standard InChI is InChI=1S/C15H20ClN3O2/c1-4-5-14-18-15(21-19-14)9-20-13-7-6-11(16)8-12(13)10(2)17-3/h6-8,10,17H,4-5,9H2,1-3H3. The Labute approximate surface area is 129 Å². The first-order chi connectivity index (χ1) is 10.1. The second-order valence-electron chi connectivity index (χ2n) is 4.84. The monoisotopic (exact) mass is 309 g/mol. The van der Waals surface area contributed by atoms with Crippen molar-refractivity contribution < 1.29 is 9.26 Å². The number of halogens is 1. The molecule has 0 spiro atoms. The Morgan fingerprint density at radius 2 is 2.24 bits per heavy atom. The van der Waals surface area contributed by atoms with Crippen molar-refractivity contribution in [1.82, 2.24) is 15.5 Å². The Morgan fingerprint density at radius 1 is 1.43 bits per heavy atom. The summed E-state index contributed by atoms with van der Waals surface area (Å²) >= 11 is 6.05. The fraction of sp³-hybridized carbons (Fsp3) is 0.467. The number of hydrogen-bond donors (Lipinski definition) is 1. The maximum Gasteiger partial charge on any atom is 0.264 e. The number of aromatic nitrogens is 2. The van der Waals surface area contributed by atoms with Crippen LogP contribution in [0.3, 0.4) is 0 Å². The van der Waals surface area contributed by atoms with Gasteiger partial charge >= 0.3 is 0 Å². The lowest BCUT2D eigenvalue weighted by atomic mass is 10.1. The van der Waals surface area contributed by atoms with E-state index in [2.05, 4.69) is 22.4 Å². The molecule has 1 unspecified atom stereocenters. The maximum atomic E-state index is 6.05. The fourth-order valence-corrected chi connectivity index (χ4v) is 2.14. The number of rotatable bonds is 7. The largest absolute Gasteiger partial charge is 0.483 e. The van der Waals surface area contributed by atoms with Gasteiger partial charge in [-0.3, -0.25) is 0 Å². The predicted octanol–water partition coefficient (Wildman–Crippen LogP) is 3.53. The van der Waals surface area contributed by atoms with Crippen LogP contribution in [-0.2, 0) is 13.0 Å². The van der Waals surface area contributed by atoms with E-state index in [1.807, 2.05) is 26.1 Å². The van der Waals surface area contributed by atoms with Crippen LogP contribution in [0.1, 0.15) is 43.6 Å². The predicted molar refractivity (Wildman–Crippen MR) is 81.6 cm³/mol. The molecule has 2 rings (SSSR count). The van der Waals surface area contributed by atoms with Crippen LogP contribution in [0.4, 0.5) is 0 Å². The molecule has 1 aromatic carbocycles. The average molecular weight is 310 g/mol. The van der Waals surface area contributed by atoms with Gasteiger partial charge in [-0.2, -0.15) is 4.98 Å². The highest BCUT2D eigenvalue weighted by molar-refractivity contribution is 6.30. The Bertz CT molecular complexity index is 586. The second kappa shape index (κ2) is 7.43. The molecule has 21 heavy (non-hydrogen) atoms. The van der Waals surface area contributed by atoms with E-state index in [0.717, 1.165) is 30.0 Å². The van der Waals surface area contributed by atoms with Crippen molar-refractivity contribution in [3.8, 4) is 5.75 Å². The van der Waals surface area contributed by atoms with Crippen LogP contribution in [0.15, 0.2) is 22.7 Å². The summed E-state index contributed by atoms with van der Waals surface area (Å²) in [5, 5.41) is 7.77. The molecule has 0 saturated heterocycles. The Hall–Kier alpha value is -1.59. The SMILES string of the molecule is CCCc1noc(COc2ccc(Cl)cc2C(C)NC)n1. The molecular weight excluding hydrogens is 290 g/mol. The quantitative estimate of drug-likeness (QED) is 0.847. The summed E-state index contributed by atoms with van der Waals surface area (Å²) in [7, 11) is 1.89. The van der Waals surface area contributed by atoms with E-state index >= 15 is 0 Å². The topological polar surface area (TPSA) is 60.2 Å². The molecule has 0 aliphatic carbocycles. The van der Waals surface area contributed by atoms with Crippen LogP contribution in [0, 0.1) is 0 Å². The zero-order valence-corrected chi connectivity index (χ0v) is 13.3. The van der Waals surface area contributed by atoms with Crippen LogP contribution in [0.25, 0.3) is 0 Å². The van der Waals surface area contributed by atoms with Crippen LogP contribution in [0.5, 0.6) is 5.75 Å². The lowest BCUT2D eigenvalue weighted by Crippen LogP contribution is -2.13. The molecule has 1 atom stereocenters. The molecule has 0 aliphatic heterocycles. The molecule has 0 aliphatic rings. The van der Waals surface area contributed by atoms with E-state index in [1.165, 1.54) is 0 Å². The van der Waals surface area contributed by atoms with Gasteiger partial charge in [0.25, 0.3) is 5.89 Å². The first kappa shape index (κ1) is 15.8. The van der Waals surface area contributed by atoms with Gasteiger partial charge in [0, 0.05) is 23.0 Å². The number of ether oxygens (including phenoxy) is 1. The van der Waals surface area contributed by atoms with Gasteiger partial charge in [0.1, 0.15) is 5.75 Å². The third kappa shape index (κ3) is 4.19. The van der Waals surface area contributed by atoms with Crippen LogP contribution >= 0.6 is 11.6 Å². The smallest absolute Gasteiger partial charge is 0.264 e. The molecule has 0 radical (unpaired) electrons. The summed E-state index contributed by atoms with van der Waals surface area (Å²) in [5.74, 6) is 1.96. The van der Waals surface area contributed by atoms with Crippen molar-refractivity contribution in [3.63, 3.8) is 0 Å². The van der Waals surface area contributed by atoms with Gasteiger partial charge in [0.05, 0.1) is 0 Å². The Morgan fingerprint density at radius 3 is 2.95 bits per heavy atom.